The molecule has 0 aromatic carbocycles. The van der Waals surface area contributed by atoms with Gasteiger partial charge >= 0.3 is 27.3 Å². The second kappa shape index (κ2) is 43.0. The van der Waals surface area contributed by atoms with Gasteiger partial charge in [0.1, 0.15) is 0 Å². The summed E-state index contributed by atoms with van der Waals surface area (Å²) in [5.41, 5.74) is 0. The summed E-state index contributed by atoms with van der Waals surface area (Å²) in [6.45, 7) is 0. The summed E-state index contributed by atoms with van der Waals surface area (Å²) in [6.07, 6.45) is 0. The van der Waals surface area contributed by atoms with Crippen molar-refractivity contribution in [3.8, 4) is 0 Å². The Morgan fingerprint density at radius 2 is 1.00 bits per heavy atom. The predicted octanol–water partition coefficient (Wildman–Crippen LogP) is 0.499. The second-order valence-electron chi connectivity index (χ2n) is 0.149. The van der Waals surface area contributed by atoms with Crippen molar-refractivity contribution in [3.05, 3.63) is 20.2 Å². The average molecular weight is 204 g/mol. The molecule has 0 unspecified atom stereocenters. The Kier molecular flexibility index (Phi) is 97.6. The number of hydrogen-bond acceptors (Lipinski definition) is 6. The molecule has 0 saturated heterocycles. The van der Waals surface area contributed by atoms with Gasteiger partial charge < -0.3 is 20.2 Å². The summed E-state index contributed by atoms with van der Waals surface area (Å²) >= 11 is 0. The van der Waals surface area contributed by atoms with Crippen LogP contribution in [-0.2, 0) is 27.3 Å². The predicted molar refractivity (Wildman–Crippen MR) is 18.3 cm³/mol. The van der Waals surface area contributed by atoms with Crippen molar-refractivity contribution in [2.45, 2.75) is 0 Å². The van der Waals surface area contributed by atoms with Crippen molar-refractivity contribution in [3.63, 3.8) is 0 Å². The van der Waals surface area contributed by atoms with Gasteiger partial charge in [0.2, 0.25) is 0 Å². The fourth-order valence-corrected chi connectivity index (χ4v) is 0. The third-order valence-electron chi connectivity index (χ3n) is 0. The minimum absolute atomic E-state index is 0. The number of nitrogens with zero attached hydrogens (tertiary/aromatic N) is 2. The molecule has 0 N–H and O–H groups in total. The SMILES string of the molecule is O=N[O-].O=N[O-].[Cd+2]. The van der Waals surface area contributed by atoms with Crippen LogP contribution < -0.4 is 0 Å². The third-order valence-corrected chi connectivity index (χ3v) is 0. The van der Waals surface area contributed by atoms with Crippen LogP contribution in [0.2, 0.25) is 0 Å². The summed E-state index contributed by atoms with van der Waals surface area (Å²) in [5, 5.41) is 18.0. The van der Waals surface area contributed by atoms with Crippen LogP contribution in [0.4, 0.5) is 0 Å². The smallest absolute Gasteiger partial charge is 0.444 e. The first-order valence-electron chi connectivity index (χ1n) is 0.730. The first kappa shape index (κ1) is 15.9. The average Bonchev–Trinajstić information content (AvgIpc) is 1.39. The molecule has 6 nitrogen and oxygen atoms in total. The fraction of sp³-hybridized carbons (Fsp3) is 0. The summed E-state index contributed by atoms with van der Waals surface area (Å²) in [6, 6.07) is 0. The molecule has 0 saturated carbocycles. The summed E-state index contributed by atoms with van der Waals surface area (Å²) in [7, 11) is 0. The van der Waals surface area contributed by atoms with Crippen LogP contribution in [0.15, 0.2) is 10.7 Å². The molecule has 0 rings (SSSR count). The van der Waals surface area contributed by atoms with Gasteiger partial charge in [0.25, 0.3) is 0 Å². The monoisotopic (exact) mass is 206 g/mol. The Bertz CT molecular complexity index is 30.7. The van der Waals surface area contributed by atoms with E-state index in [1.54, 1.807) is 0 Å². The van der Waals surface area contributed by atoms with Gasteiger partial charge in [-0.05, 0) is 0 Å². The van der Waals surface area contributed by atoms with Gasteiger partial charge in [0, 0.05) is 0 Å². The Hall–Kier alpha value is -0.278. The normalized spacial score (nSPS) is 3.43. The van der Waals surface area contributed by atoms with E-state index in [9.17, 15) is 0 Å². The summed E-state index contributed by atoms with van der Waals surface area (Å²) < 4.78 is 0. The van der Waals surface area contributed by atoms with E-state index in [4.69, 9.17) is 20.2 Å². The van der Waals surface area contributed by atoms with E-state index in [1.807, 2.05) is 0 Å². The molecule has 0 spiro atoms. The van der Waals surface area contributed by atoms with E-state index in [1.165, 1.54) is 0 Å². The van der Waals surface area contributed by atoms with Crippen molar-refractivity contribution < 1.29 is 27.3 Å². The molecule has 0 atom stereocenters. The summed E-state index contributed by atoms with van der Waals surface area (Å²) in [5.74, 6) is 0. The topological polar surface area (TPSA) is 105 Å². The maximum atomic E-state index is 8.00. The van der Waals surface area contributed by atoms with Crippen LogP contribution in [0.3, 0.4) is 0 Å². The van der Waals surface area contributed by atoms with E-state index in [0.29, 0.717) is 0 Å². The second-order valence-corrected chi connectivity index (χ2v) is 0.149. The molecule has 0 aliphatic carbocycles. The van der Waals surface area contributed by atoms with Gasteiger partial charge in [0.05, 0.1) is 0 Å². The van der Waals surface area contributed by atoms with Crippen molar-refractivity contribution in [2.75, 3.05) is 0 Å². The Balaban J connectivity index is -0.0000000400. The van der Waals surface area contributed by atoms with Gasteiger partial charge in [-0.2, -0.15) is 0 Å². The standard InChI is InChI=1S/Cd.2HNO2/c;2*2-1-3/h;2*(H,2,3)/q+2;;/p-2. The van der Waals surface area contributed by atoms with Crippen molar-refractivity contribution in [1.82, 2.24) is 0 Å². The Labute approximate surface area is 58.5 Å². The maximum absolute atomic E-state index is 8.00. The molecule has 0 aliphatic rings. The Morgan fingerprint density at radius 3 is 1.00 bits per heavy atom. The molecule has 0 heterocycles. The molecule has 7 heteroatoms. The van der Waals surface area contributed by atoms with Gasteiger partial charge in [-0.15, -0.1) is 10.7 Å². The van der Waals surface area contributed by atoms with Gasteiger partial charge in [-0.25, -0.2) is 0 Å². The van der Waals surface area contributed by atoms with Crippen LogP contribution in [0.25, 0.3) is 0 Å². The van der Waals surface area contributed by atoms with Gasteiger partial charge in [-0.1, -0.05) is 0 Å². The molecule has 0 fully saturated rings. The van der Waals surface area contributed by atoms with E-state index in [0.717, 1.165) is 10.7 Å². The largest absolute Gasteiger partial charge is 2.00 e. The maximum Gasteiger partial charge on any atom is 2.00 e. The van der Waals surface area contributed by atoms with Crippen LogP contribution >= 0.6 is 0 Å². The number of hydrogen-bond donors (Lipinski definition) is 0. The molecule has 0 aromatic rings. The molecular formula is CdN2O4. The Morgan fingerprint density at radius 1 is 1.00 bits per heavy atom. The molecule has 0 aliphatic heterocycles. The quantitative estimate of drug-likeness (QED) is 0.325. The minimum Gasteiger partial charge on any atom is -0.444 e. The van der Waals surface area contributed by atoms with Crippen LogP contribution in [0, 0.1) is 20.2 Å². The molecule has 0 amide bonds. The van der Waals surface area contributed by atoms with Crippen molar-refractivity contribution in [2.24, 2.45) is 10.7 Å². The third kappa shape index (κ3) is 1030. The van der Waals surface area contributed by atoms with Crippen LogP contribution in [0.5, 0.6) is 0 Å². The van der Waals surface area contributed by atoms with Crippen molar-refractivity contribution >= 4 is 0 Å². The molecule has 0 bridgehead atoms. The van der Waals surface area contributed by atoms with Crippen molar-refractivity contribution in [1.29, 1.82) is 0 Å². The molecule has 7 heavy (non-hydrogen) atoms. The summed E-state index contributed by atoms with van der Waals surface area (Å²) in [4.78, 5) is 16.0. The first-order valence-corrected chi connectivity index (χ1v) is 0.730. The fourth-order valence-electron chi connectivity index (χ4n) is 0. The minimum atomic E-state index is 0. The van der Waals surface area contributed by atoms with Crippen LogP contribution in [-0.4, -0.2) is 0 Å². The van der Waals surface area contributed by atoms with E-state index >= 15 is 0 Å². The van der Waals surface area contributed by atoms with E-state index < -0.39 is 0 Å². The molecule has 36 valence electrons. The van der Waals surface area contributed by atoms with Gasteiger partial charge in [-0.3, -0.25) is 0 Å². The zero-order valence-electron chi connectivity index (χ0n) is 3.23. The molecule has 0 aromatic heterocycles. The molecular weight excluding hydrogens is 204 g/mol. The van der Waals surface area contributed by atoms with Gasteiger partial charge in [0.15, 0.2) is 0 Å². The number of rotatable bonds is 0. The molecule has 0 radical (unpaired) electrons. The first-order chi connectivity index (χ1) is 2.83. The van der Waals surface area contributed by atoms with Crippen LogP contribution in [0.1, 0.15) is 0 Å². The van der Waals surface area contributed by atoms with E-state index in [-0.39, 0.29) is 27.3 Å². The zero-order valence-corrected chi connectivity index (χ0v) is 7.27. The zero-order chi connectivity index (χ0) is 5.41. The van der Waals surface area contributed by atoms with E-state index in [2.05, 4.69) is 0 Å².